The van der Waals surface area contributed by atoms with Crippen LogP contribution in [0.4, 0.5) is 13.2 Å². The predicted molar refractivity (Wildman–Crippen MR) is 86.9 cm³/mol. The van der Waals surface area contributed by atoms with Crippen LogP contribution in [-0.4, -0.2) is 35.3 Å². The third-order valence-corrected chi connectivity index (χ3v) is 3.52. The zero-order chi connectivity index (χ0) is 18.4. The molecule has 5 nitrogen and oxygen atoms in total. The van der Waals surface area contributed by atoms with Crippen molar-refractivity contribution in [3.63, 3.8) is 0 Å². The molecule has 1 atom stereocenters. The normalized spacial score (nSPS) is 12.5. The number of carbonyl (C=O) groups is 1. The molecule has 3 N–H and O–H groups in total. The summed E-state index contributed by atoms with van der Waals surface area (Å²) in [7, 11) is 0. The minimum atomic E-state index is -4.42. The van der Waals surface area contributed by atoms with E-state index in [9.17, 15) is 23.1 Å². The number of hydrogen-bond donors (Lipinski definition) is 3. The van der Waals surface area contributed by atoms with E-state index in [1.807, 2.05) is 0 Å². The van der Waals surface area contributed by atoms with E-state index in [-0.39, 0.29) is 29.1 Å². The van der Waals surface area contributed by atoms with Crippen molar-refractivity contribution in [3.8, 4) is 5.75 Å². The highest BCUT2D eigenvalue weighted by Crippen LogP contribution is 2.30. The number of halogens is 3. The molecule has 2 aromatic rings. The molecule has 0 spiro atoms. The Balaban J connectivity index is 1.81. The van der Waals surface area contributed by atoms with E-state index in [1.54, 1.807) is 18.3 Å². The first-order valence-corrected chi connectivity index (χ1v) is 7.62. The minimum absolute atomic E-state index is 0.0941. The fourth-order valence-corrected chi connectivity index (χ4v) is 2.13. The van der Waals surface area contributed by atoms with Crippen LogP contribution in [0.5, 0.6) is 5.75 Å². The third kappa shape index (κ3) is 5.57. The van der Waals surface area contributed by atoms with Crippen LogP contribution in [0.15, 0.2) is 42.6 Å². The monoisotopic (exact) mass is 372 g/mol. The molecule has 25 heavy (non-hydrogen) atoms. The first kappa shape index (κ1) is 18.9. The molecule has 0 fully saturated rings. The average Bonchev–Trinajstić information content (AvgIpc) is 2.58. The van der Waals surface area contributed by atoms with E-state index in [0.29, 0.717) is 0 Å². The fraction of sp³-hybridized carbons (Fsp3) is 0.250. The van der Waals surface area contributed by atoms with Crippen LogP contribution in [0.2, 0.25) is 0 Å². The summed E-state index contributed by atoms with van der Waals surface area (Å²) in [6.45, 7) is -0.281. The second-order valence-electron chi connectivity index (χ2n) is 5.11. The van der Waals surface area contributed by atoms with Crippen molar-refractivity contribution < 1.29 is 27.8 Å². The number of rotatable bonds is 6. The van der Waals surface area contributed by atoms with Crippen LogP contribution in [0.1, 0.15) is 15.9 Å². The van der Waals surface area contributed by atoms with E-state index >= 15 is 0 Å². The van der Waals surface area contributed by atoms with Gasteiger partial charge >= 0.3 is 6.18 Å². The number of aromatic nitrogens is 1. The van der Waals surface area contributed by atoms with Crippen LogP contribution in [0.25, 0.3) is 0 Å². The second-order valence-corrected chi connectivity index (χ2v) is 5.52. The Kier molecular flexibility index (Phi) is 6.16. The number of ether oxygens (including phenoxy) is 1. The van der Waals surface area contributed by atoms with Crippen molar-refractivity contribution in [1.29, 1.82) is 0 Å². The molecule has 0 aliphatic rings. The quantitative estimate of drug-likeness (QED) is 0.682. The third-order valence-electron chi connectivity index (χ3n) is 3.19. The van der Waals surface area contributed by atoms with E-state index in [0.717, 1.165) is 24.3 Å². The van der Waals surface area contributed by atoms with Crippen molar-refractivity contribution in [1.82, 2.24) is 10.3 Å². The Bertz CT molecular complexity index is 775. The van der Waals surface area contributed by atoms with E-state index < -0.39 is 23.8 Å². The summed E-state index contributed by atoms with van der Waals surface area (Å²) in [6, 6.07) is 7.27. The molecule has 2 rings (SSSR count). The van der Waals surface area contributed by atoms with Gasteiger partial charge in [-0.2, -0.15) is 13.2 Å². The van der Waals surface area contributed by atoms with Crippen LogP contribution in [-0.2, 0) is 6.18 Å². The van der Waals surface area contributed by atoms with Gasteiger partial charge in [0.2, 0.25) is 0 Å². The molecule has 0 aliphatic heterocycles. The average molecular weight is 372 g/mol. The standard InChI is InChI=1S/C16H15F3N2O3S/c17-16(18,19)10-3-5-12(6-4-10)24-9-11(22)8-21-14(23)13-2-1-7-20-15(13)25/h1-7,11,22H,8-9H2,(H,20,25)(H,21,23)/t11-/m0/s1. The number of benzene rings is 1. The van der Waals surface area contributed by atoms with Gasteiger partial charge in [-0.05, 0) is 36.4 Å². The maximum absolute atomic E-state index is 12.4. The summed E-state index contributed by atoms with van der Waals surface area (Å²) in [6.07, 6.45) is -3.86. The molecular formula is C16H15F3N2O3S. The summed E-state index contributed by atoms with van der Waals surface area (Å²) in [4.78, 5) is 14.6. The van der Waals surface area contributed by atoms with Crippen LogP contribution in [0.3, 0.4) is 0 Å². The van der Waals surface area contributed by atoms with Crippen LogP contribution >= 0.6 is 12.2 Å². The van der Waals surface area contributed by atoms with Gasteiger partial charge in [-0.15, -0.1) is 0 Å². The summed E-state index contributed by atoms with van der Waals surface area (Å²) in [5, 5.41) is 12.3. The van der Waals surface area contributed by atoms with Gasteiger partial charge in [-0.3, -0.25) is 4.79 Å². The Morgan fingerprint density at radius 3 is 2.56 bits per heavy atom. The molecule has 0 unspecified atom stereocenters. The number of aliphatic hydroxyl groups is 1. The number of carbonyl (C=O) groups excluding carboxylic acids is 1. The number of aromatic amines is 1. The van der Waals surface area contributed by atoms with Gasteiger partial charge in [0.1, 0.15) is 23.1 Å². The number of alkyl halides is 3. The highest BCUT2D eigenvalue weighted by Gasteiger charge is 2.30. The molecular weight excluding hydrogens is 357 g/mol. The van der Waals surface area contributed by atoms with E-state index in [1.165, 1.54) is 0 Å². The summed E-state index contributed by atoms with van der Waals surface area (Å²) >= 11 is 4.98. The number of nitrogens with one attached hydrogen (secondary N) is 2. The second kappa shape index (κ2) is 8.13. The topological polar surface area (TPSA) is 74.3 Å². The molecule has 0 bridgehead atoms. The lowest BCUT2D eigenvalue weighted by atomic mass is 10.2. The Morgan fingerprint density at radius 2 is 1.96 bits per heavy atom. The summed E-state index contributed by atoms with van der Waals surface area (Å²) < 4.78 is 42.8. The van der Waals surface area contributed by atoms with Gasteiger partial charge in [0.05, 0.1) is 11.1 Å². The number of amides is 1. The van der Waals surface area contributed by atoms with Crippen molar-refractivity contribution in [2.45, 2.75) is 12.3 Å². The highest BCUT2D eigenvalue weighted by atomic mass is 32.1. The number of H-pyrrole nitrogens is 1. The lowest BCUT2D eigenvalue weighted by Crippen LogP contribution is -2.35. The van der Waals surface area contributed by atoms with Crippen molar-refractivity contribution in [2.75, 3.05) is 13.2 Å². The van der Waals surface area contributed by atoms with Gasteiger partial charge in [0.15, 0.2) is 0 Å². The number of pyridine rings is 1. The Labute approximate surface area is 146 Å². The lowest BCUT2D eigenvalue weighted by Gasteiger charge is -2.14. The van der Waals surface area contributed by atoms with Gasteiger partial charge in [0.25, 0.3) is 5.91 Å². The molecule has 134 valence electrons. The molecule has 1 amide bonds. The summed E-state index contributed by atoms with van der Waals surface area (Å²) in [5.41, 5.74) is -0.514. The zero-order valence-corrected chi connectivity index (χ0v) is 13.7. The molecule has 1 aromatic heterocycles. The molecule has 1 heterocycles. The first-order valence-electron chi connectivity index (χ1n) is 7.21. The molecule has 0 saturated heterocycles. The zero-order valence-electron chi connectivity index (χ0n) is 12.8. The van der Waals surface area contributed by atoms with Crippen LogP contribution < -0.4 is 10.1 Å². The maximum atomic E-state index is 12.4. The van der Waals surface area contributed by atoms with Crippen molar-refractivity contribution in [2.24, 2.45) is 0 Å². The largest absolute Gasteiger partial charge is 0.491 e. The van der Waals surface area contributed by atoms with Gasteiger partial charge in [0, 0.05) is 12.7 Å². The van der Waals surface area contributed by atoms with E-state index in [4.69, 9.17) is 17.0 Å². The number of aliphatic hydroxyl groups excluding tert-OH is 1. The minimum Gasteiger partial charge on any atom is -0.491 e. The summed E-state index contributed by atoms with van der Waals surface area (Å²) in [5.74, 6) is -0.265. The lowest BCUT2D eigenvalue weighted by molar-refractivity contribution is -0.137. The molecule has 0 aliphatic carbocycles. The van der Waals surface area contributed by atoms with Gasteiger partial charge in [-0.25, -0.2) is 0 Å². The Hall–Kier alpha value is -2.39. The van der Waals surface area contributed by atoms with Gasteiger partial charge in [-0.1, -0.05) is 12.2 Å². The van der Waals surface area contributed by atoms with Crippen LogP contribution in [0, 0.1) is 4.64 Å². The number of hydrogen-bond acceptors (Lipinski definition) is 4. The SMILES string of the molecule is O=C(NC[C@H](O)COc1ccc(C(F)(F)F)cc1)c1ccc[nH]c1=S. The first-order chi connectivity index (χ1) is 11.8. The fourth-order valence-electron chi connectivity index (χ4n) is 1.90. The maximum Gasteiger partial charge on any atom is 0.416 e. The van der Waals surface area contributed by atoms with Crippen molar-refractivity contribution in [3.05, 3.63) is 58.4 Å². The highest BCUT2D eigenvalue weighted by molar-refractivity contribution is 7.71. The van der Waals surface area contributed by atoms with Gasteiger partial charge < -0.3 is 20.1 Å². The Morgan fingerprint density at radius 1 is 1.28 bits per heavy atom. The molecule has 0 radical (unpaired) electrons. The molecule has 0 saturated carbocycles. The predicted octanol–water partition coefficient (Wildman–Crippen LogP) is 2.93. The van der Waals surface area contributed by atoms with Crippen molar-refractivity contribution >= 4 is 18.1 Å². The molecule has 1 aromatic carbocycles. The smallest absolute Gasteiger partial charge is 0.416 e. The van der Waals surface area contributed by atoms with E-state index in [2.05, 4.69) is 10.3 Å². The molecule has 9 heteroatoms.